The first-order chi connectivity index (χ1) is 13.3. The van der Waals surface area contributed by atoms with Gasteiger partial charge in [-0.15, -0.1) is 5.10 Å². The summed E-state index contributed by atoms with van der Waals surface area (Å²) >= 11 is 0. The van der Waals surface area contributed by atoms with Gasteiger partial charge in [0.15, 0.2) is 5.65 Å². The summed E-state index contributed by atoms with van der Waals surface area (Å²) in [7, 11) is 0. The maximum absolute atomic E-state index is 13.1. The first kappa shape index (κ1) is 17.0. The second kappa shape index (κ2) is 7.13. The number of carbonyl (C=O) groups is 1. The summed E-state index contributed by atoms with van der Waals surface area (Å²) in [4.78, 5) is 19.4. The lowest BCUT2D eigenvalue weighted by Crippen LogP contribution is -2.40. The second-order valence-electron chi connectivity index (χ2n) is 8.68. The summed E-state index contributed by atoms with van der Waals surface area (Å²) in [5.41, 5.74) is 0.849. The van der Waals surface area contributed by atoms with Crippen molar-refractivity contribution in [3.63, 3.8) is 0 Å². The quantitative estimate of drug-likeness (QED) is 0.904. The van der Waals surface area contributed by atoms with Crippen LogP contribution in [0.3, 0.4) is 0 Å². The summed E-state index contributed by atoms with van der Waals surface area (Å²) in [6.45, 7) is 1.67. The minimum absolute atomic E-state index is 0.267. The maximum Gasteiger partial charge on any atom is 0.225 e. The van der Waals surface area contributed by atoms with Crippen molar-refractivity contribution in [1.82, 2.24) is 19.5 Å². The minimum Gasteiger partial charge on any atom is -0.364 e. The third-order valence-corrected chi connectivity index (χ3v) is 7.00. The number of likely N-dealkylation sites (tertiary alicyclic amines) is 1. The van der Waals surface area contributed by atoms with Crippen molar-refractivity contribution in [1.29, 1.82) is 0 Å². The van der Waals surface area contributed by atoms with Crippen molar-refractivity contribution in [3.05, 3.63) is 24.5 Å². The molecule has 0 aromatic carbocycles. The van der Waals surface area contributed by atoms with Gasteiger partial charge >= 0.3 is 0 Å². The van der Waals surface area contributed by atoms with Gasteiger partial charge in [0, 0.05) is 37.4 Å². The van der Waals surface area contributed by atoms with Crippen LogP contribution >= 0.6 is 0 Å². The van der Waals surface area contributed by atoms with Gasteiger partial charge in [0.25, 0.3) is 0 Å². The summed E-state index contributed by atoms with van der Waals surface area (Å²) in [5.74, 6) is 3.23. The molecule has 27 heavy (non-hydrogen) atoms. The SMILES string of the molecule is O=C(C1CCC2CCCCC2C1)N1CCC(Nc2ccc3nccn3n2)C1. The van der Waals surface area contributed by atoms with Gasteiger partial charge in [0.2, 0.25) is 5.91 Å². The highest BCUT2D eigenvalue weighted by Crippen LogP contribution is 2.43. The molecule has 3 heterocycles. The predicted molar refractivity (Wildman–Crippen MR) is 104 cm³/mol. The predicted octanol–water partition coefficient (Wildman–Crippen LogP) is 3.35. The highest BCUT2D eigenvalue weighted by atomic mass is 16.2. The van der Waals surface area contributed by atoms with Gasteiger partial charge in [-0.25, -0.2) is 9.50 Å². The van der Waals surface area contributed by atoms with Crippen LogP contribution in [-0.4, -0.2) is 44.5 Å². The highest BCUT2D eigenvalue weighted by Gasteiger charge is 2.38. The van der Waals surface area contributed by atoms with E-state index in [1.165, 1.54) is 32.1 Å². The van der Waals surface area contributed by atoms with Crippen LogP contribution in [0, 0.1) is 17.8 Å². The lowest BCUT2D eigenvalue weighted by molar-refractivity contribution is -0.136. The number of nitrogens with zero attached hydrogens (tertiary/aromatic N) is 4. The Morgan fingerprint density at radius 1 is 1.07 bits per heavy atom. The van der Waals surface area contributed by atoms with E-state index in [4.69, 9.17) is 0 Å². The number of nitrogens with one attached hydrogen (secondary N) is 1. The van der Waals surface area contributed by atoms with E-state index in [9.17, 15) is 4.79 Å². The highest BCUT2D eigenvalue weighted by molar-refractivity contribution is 5.79. The molecule has 4 unspecified atom stereocenters. The Kier molecular flexibility index (Phi) is 4.50. The van der Waals surface area contributed by atoms with Gasteiger partial charge in [-0.2, -0.15) is 0 Å². The van der Waals surface area contributed by atoms with Crippen molar-refractivity contribution in [2.45, 2.75) is 57.4 Å². The van der Waals surface area contributed by atoms with E-state index < -0.39 is 0 Å². The van der Waals surface area contributed by atoms with Crippen LogP contribution in [0.1, 0.15) is 51.4 Å². The van der Waals surface area contributed by atoms with Crippen molar-refractivity contribution in [2.75, 3.05) is 18.4 Å². The molecule has 144 valence electrons. The van der Waals surface area contributed by atoms with Gasteiger partial charge < -0.3 is 10.2 Å². The van der Waals surface area contributed by atoms with Crippen LogP contribution in [0.4, 0.5) is 5.82 Å². The normalized spacial score (nSPS) is 31.0. The number of imidazole rings is 1. The Morgan fingerprint density at radius 3 is 2.89 bits per heavy atom. The Labute approximate surface area is 160 Å². The standard InChI is InChI=1S/C21H29N5O/c27-21(17-6-5-15-3-1-2-4-16(15)13-17)25-11-9-18(14-25)23-19-7-8-20-22-10-12-26(20)24-19/h7-8,10,12,15-18H,1-6,9,11,13-14H2,(H,23,24). The molecule has 6 nitrogen and oxygen atoms in total. The Hall–Kier alpha value is -2.11. The fourth-order valence-electron chi connectivity index (χ4n) is 5.54. The van der Waals surface area contributed by atoms with Crippen LogP contribution in [0.15, 0.2) is 24.5 Å². The van der Waals surface area contributed by atoms with E-state index in [2.05, 4.69) is 20.3 Å². The van der Waals surface area contributed by atoms with Gasteiger partial charge in [0.1, 0.15) is 5.82 Å². The number of carbonyl (C=O) groups excluding carboxylic acids is 1. The van der Waals surface area contributed by atoms with Crippen molar-refractivity contribution in [3.8, 4) is 0 Å². The molecule has 0 spiro atoms. The molecule has 0 radical (unpaired) electrons. The van der Waals surface area contributed by atoms with Crippen molar-refractivity contribution >= 4 is 17.4 Å². The van der Waals surface area contributed by atoms with Gasteiger partial charge in [-0.3, -0.25) is 4.79 Å². The van der Waals surface area contributed by atoms with Crippen LogP contribution < -0.4 is 5.32 Å². The van der Waals surface area contributed by atoms with E-state index in [1.54, 1.807) is 10.7 Å². The van der Waals surface area contributed by atoms with E-state index in [0.29, 0.717) is 5.91 Å². The zero-order valence-corrected chi connectivity index (χ0v) is 15.9. The fraction of sp³-hybridized carbons (Fsp3) is 0.667. The maximum atomic E-state index is 13.1. The number of hydrogen-bond donors (Lipinski definition) is 1. The number of rotatable bonds is 3. The number of hydrogen-bond acceptors (Lipinski definition) is 4. The molecule has 4 atom stereocenters. The third kappa shape index (κ3) is 3.42. The lowest BCUT2D eigenvalue weighted by Gasteiger charge is -2.39. The zero-order chi connectivity index (χ0) is 18.2. The minimum atomic E-state index is 0.267. The molecule has 1 amide bonds. The Balaban J connectivity index is 1.18. The van der Waals surface area contributed by atoms with Crippen molar-refractivity contribution in [2.24, 2.45) is 17.8 Å². The molecule has 1 aliphatic heterocycles. The molecule has 1 N–H and O–H groups in total. The smallest absolute Gasteiger partial charge is 0.225 e. The van der Waals surface area contributed by atoms with E-state index in [1.807, 2.05) is 18.3 Å². The Morgan fingerprint density at radius 2 is 1.96 bits per heavy atom. The Bertz CT molecular complexity index is 818. The monoisotopic (exact) mass is 367 g/mol. The summed E-state index contributed by atoms with van der Waals surface area (Å²) in [5, 5.41) is 8.05. The molecular formula is C21H29N5O. The van der Waals surface area contributed by atoms with E-state index in [-0.39, 0.29) is 12.0 Å². The first-order valence-corrected chi connectivity index (χ1v) is 10.6. The zero-order valence-electron chi connectivity index (χ0n) is 15.9. The lowest BCUT2D eigenvalue weighted by atomic mass is 9.67. The molecule has 2 aromatic heterocycles. The van der Waals surface area contributed by atoms with Crippen LogP contribution in [0.25, 0.3) is 5.65 Å². The average molecular weight is 367 g/mol. The van der Waals surface area contributed by atoms with Gasteiger partial charge in [-0.1, -0.05) is 25.7 Å². The van der Waals surface area contributed by atoms with E-state index >= 15 is 0 Å². The molecule has 6 heteroatoms. The average Bonchev–Trinajstić information content (AvgIpc) is 3.36. The molecule has 3 fully saturated rings. The molecular weight excluding hydrogens is 338 g/mol. The molecule has 2 saturated carbocycles. The summed E-state index contributed by atoms with van der Waals surface area (Å²) in [6.07, 6.45) is 13.6. The topological polar surface area (TPSA) is 62.5 Å². The van der Waals surface area contributed by atoms with E-state index in [0.717, 1.165) is 55.7 Å². The fourth-order valence-corrected chi connectivity index (χ4v) is 5.54. The molecule has 0 bridgehead atoms. The number of amides is 1. The van der Waals surface area contributed by atoms with Crippen LogP contribution in [0.2, 0.25) is 0 Å². The third-order valence-electron chi connectivity index (χ3n) is 7.00. The van der Waals surface area contributed by atoms with Crippen LogP contribution in [-0.2, 0) is 4.79 Å². The number of anilines is 1. The molecule has 2 aliphatic carbocycles. The summed E-state index contributed by atoms with van der Waals surface area (Å²) in [6, 6.07) is 4.22. The van der Waals surface area contributed by atoms with Gasteiger partial charge in [0.05, 0.1) is 0 Å². The second-order valence-corrected chi connectivity index (χ2v) is 8.68. The molecule has 3 aliphatic rings. The van der Waals surface area contributed by atoms with Gasteiger partial charge in [-0.05, 0) is 49.7 Å². The number of aromatic nitrogens is 3. The molecule has 2 aromatic rings. The first-order valence-electron chi connectivity index (χ1n) is 10.6. The van der Waals surface area contributed by atoms with Crippen LogP contribution in [0.5, 0.6) is 0 Å². The number of fused-ring (bicyclic) bond motifs is 2. The van der Waals surface area contributed by atoms with Crippen molar-refractivity contribution < 1.29 is 4.79 Å². The molecule has 1 saturated heterocycles. The molecule has 5 rings (SSSR count). The summed E-state index contributed by atoms with van der Waals surface area (Å²) < 4.78 is 1.78. The largest absolute Gasteiger partial charge is 0.364 e.